The first-order valence-corrected chi connectivity index (χ1v) is 6.65. The average molecular weight is 263 g/mol. The van der Waals surface area contributed by atoms with Crippen LogP contribution in [0.5, 0.6) is 5.75 Å². The molecular weight excluding hydrogens is 242 g/mol. The zero-order valence-corrected chi connectivity index (χ0v) is 11.0. The lowest BCUT2D eigenvalue weighted by atomic mass is 9.98. The summed E-state index contributed by atoms with van der Waals surface area (Å²) in [4.78, 5) is 13.4. The fourth-order valence-electron chi connectivity index (χ4n) is 2.35. The summed E-state index contributed by atoms with van der Waals surface area (Å²) in [7, 11) is 0. The number of hydrogen-bond acceptors (Lipinski definition) is 4. The Balaban J connectivity index is 1.73. The maximum Gasteiger partial charge on any atom is 0.221 e. The summed E-state index contributed by atoms with van der Waals surface area (Å²) >= 11 is 0. The summed E-state index contributed by atoms with van der Waals surface area (Å²) in [6.45, 7) is 3.18. The molecule has 1 aliphatic rings. The molecule has 2 rings (SSSR count). The van der Waals surface area contributed by atoms with E-state index in [2.05, 4.69) is 4.90 Å². The number of anilines is 1. The number of piperidine rings is 1. The van der Waals surface area contributed by atoms with Crippen molar-refractivity contribution in [3.05, 3.63) is 24.3 Å². The molecule has 5 nitrogen and oxygen atoms in total. The smallest absolute Gasteiger partial charge is 0.221 e. The number of rotatable bonds is 5. The third kappa shape index (κ3) is 4.13. The first kappa shape index (κ1) is 13.7. The van der Waals surface area contributed by atoms with Crippen molar-refractivity contribution in [2.75, 3.05) is 32.0 Å². The van der Waals surface area contributed by atoms with Gasteiger partial charge in [-0.05, 0) is 43.7 Å². The minimum atomic E-state index is -0.191. The molecule has 0 aromatic heterocycles. The maximum absolute atomic E-state index is 11.2. The highest BCUT2D eigenvalue weighted by atomic mass is 16.5. The Labute approximate surface area is 113 Å². The molecule has 19 heavy (non-hydrogen) atoms. The van der Waals surface area contributed by atoms with E-state index in [4.69, 9.17) is 16.2 Å². The van der Waals surface area contributed by atoms with Crippen LogP contribution in [0.15, 0.2) is 24.3 Å². The highest BCUT2D eigenvalue weighted by molar-refractivity contribution is 5.76. The number of nitrogens with zero attached hydrogens (tertiary/aromatic N) is 1. The molecule has 4 N–H and O–H groups in total. The van der Waals surface area contributed by atoms with Gasteiger partial charge in [0, 0.05) is 18.8 Å². The molecule has 0 bridgehead atoms. The van der Waals surface area contributed by atoms with Crippen molar-refractivity contribution in [1.82, 2.24) is 4.90 Å². The van der Waals surface area contributed by atoms with Crippen LogP contribution in [-0.4, -0.2) is 37.0 Å². The SMILES string of the molecule is NC(=O)C1CCCN(CCOc2ccc(N)cc2)C1. The van der Waals surface area contributed by atoms with Crippen molar-refractivity contribution in [2.24, 2.45) is 11.7 Å². The van der Waals surface area contributed by atoms with Crippen LogP contribution in [0.1, 0.15) is 12.8 Å². The van der Waals surface area contributed by atoms with Crippen LogP contribution >= 0.6 is 0 Å². The second-order valence-electron chi connectivity index (χ2n) is 4.96. The van der Waals surface area contributed by atoms with Crippen LogP contribution in [0.3, 0.4) is 0 Å². The molecule has 1 fully saturated rings. The van der Waals surface area contributed by atoms with Gasteiger partial charge < -0.3 is 16.2 Å². The van der Waals surface area contributed by atoms with E-state index in [9.17, 15) is 4.79 Å². The molecule has 1 unspecified atom stereocenters. The van der Waals surface area contributed by atoms with E-state index >= 15 is 0 Å². The first-order chi connectivity index (χ1) is 9.15. The molecule has 1 amide bonds. The van der Waals surface area contributed by atoms with Crippen molar-refractivity contribution in [3.63, 3.8) is 0 Å². The number of nitrogen functional groups attached to an aromatic ring is 1. The predicted molar refractivity (Wildman–Crippen MR) is 74.7 cm³/mol. The minimum absolute atomic E-state index is 0.00901. The monoisotopic (exact) mass is 263 g/mol. The fourth-order valence-corrected chi connectivity index (χ4v) is 2.35. The molecule has 0 aliphatic carbocycles. The lowest BCUT2D eigenvalue weighted by molar-refractivity contribution is -0.123. The minimum Gasteiger partial charge on any atom is -0.492 e. The van der Waals surface area contributed by atoms with Gasteiger partial charge in [-0.3, -0.25) is 9.69 Å². The van der Waals surface area contributed by atoms with Gasteiger partial charge in [-0.2, -0.15) is 0 Å². The van der Waals surface area contributed by atoms with Gasteiger partial charge >= 0.3 is 0 Å². The molecule has 1 aromatic carbocycles. The number of ether oxygens (including phenoxy) is 1. The number of hydrogen-bond donors (Lipinski definition) is 2. The molecule has 0 radical (unpaired) electrons. The lowest BCUT2D eigenvalue weighted by Crippen LogP contribution is -2.42. The Kier molecular flexibility index (Phi) is 4.63. The summed E-state index contributed by atoms with van der Waals surface area (Å²) in [5.74, 6) is 0.618. The van der Waals surface area contributed by atoms with Crippen LogP contribution in [-0.2, 0) is 4.79 Å². The number of nitrogens with two attached hydrogens (primary N) is 2. The van der Waals surface area contributed by atoms with Crippen molar-refractivity contribution >= 4 is 11.6 Å². The van der Waals surface area contributed by atoms with Crippen molar-refractivity contribution < 1.29 is 9.53 Å². The number of likely N-dealkylation sites (tertiary alicyclic amines) is 1. The maximum atomic E-state index is 11.2. The van der Waals surface area contributed by atoms with Gasteiger partial charge in [0.25, 0.3) is 0 Å². The van der Waals surface area contributed by atoms with Crippen LogP contribution in [0, 0.1) is 5.92 Å². The molecule has 1 aromatic rings. The zero-order chi connectivity index (χ0) is 13.7. The molecule has 1 heterocycles. The fraction of sp³-hybridized carbons (Fsp3) is 0.500. The summed E-state index contributed by atoms with van der Waals surface area (Å²) in [6, 6.07) is 7.36. The van der Waals surface area contributed by atoms with E-state index in [0.29, 0.717) is 6.61 Å². The summed E-state index contributed by atoms with van der Waals surface area (Å²) < 4.78 is 5.65. The van der Waals surface area contributed by atoms with E-state index in [1.165, 1.54) is 0 Å². The highest BCUT2D eigenvalue weighted by Crippen LogP contribution is 2.16. The normalized spacial score (nSPS) is 20.1. The van der Waals surface area contributed by atoms with Crippen molar-refractivity contribution in [1.29, 1.82) is 0 Å². The lowest BCUT2D eigenvalue weighted by Gasteiger charge is -2.30. The van der Waals surface area contributed by atoms with Gasteiger partial charge in [0.05, 0.1) is 5.92 Å². The second kappa shape index (κ2) is 6.43. The third-order valence-corrected chi connectivity index (χ3v) is 3.46. The van der Waals surface area contributed by atoms with Crippen LogP contribution in [0.4, 0.5) is 5.69 Å². The van der Waals surface area contributed by atoms with Crippen molar-refractivity contribution in [3.8, 4) is 5.75 Å². The number of primary amides is 1. The van der Waals surface area contributed by atoms with Gasteiger partial charge in [-0.1, -0.05) is 0 Å². The highest BCUT2D eigenvalue weighted by Gasteiger charge is 2.23. The van der Waals surface area contributed by atoms with E-state index in [1.807, 2.05) is 24.3 Å². The predicted octanol–water partition coefficient (Wildman–Crippen LogP) is 0.845. The molecule has 1 saturated heterocycles. The van der Waals surface area contributed by atoms with Gasteiger partial charge in [0.1, 0.15) is 12.4 Å². The number of carbonyl (C=O) groups excluding carboxylic acids is 1. The van der Waals surface area contributed by atoms with Gasteiger partial charge in [0.2, 0.25) is 5.91 Å². The molecule has 0 saturated carbocycles. The Bertz CT molecular complexity index is 419. The van der Waals surface area contributed by atoms with Gasteiger partial charge in [0.15, 0.2) is 0 Å². The number of carbonyl (C=O) groups is 1. The van der Waals surface area contributed by atoms with E-state index in [-0.39, 0.29) is 11.8 Å². The topological polar surface area (TPSA) is 81.6 Å². The largest absolute Gasteiger partial charge is 0.492 e. The van der Waals surface area contributed by atoms with Crippen LogP contribution < -0.4 is 16.2 Å². The van der Waals surface area contributed by atoms with E-state index in [0.717, 1.165) is 43.9 Å². The van der Waals surface area contributed by atoms with E-state index in [1.54, 1.807) is 0 Å². The number of amides is 1. The quantitative estimate of drug-likeness (QED) is 0.771. The molecule has 5 heteroatoms. The molecular formula is C14H21N3O2. The second-order valence-corrected chi connectivity index (χ2v) is 4.96. The average Bonchev–Trinajstić information content (AvgIpc) is 2.41. The Morgan fingerprint density at radius 1 is 1.37 bits per heavy atom. The van der Waals surface area contributed by atoms with Crippen LogP contribution in [0.2, 0.25) is 0 Å². The standard InChI is InChI=1S/C14H21N3O2/c15-12-3-5-13(6-4-12)19-9-8-17-7-1-2-11(10-17)14(16)18/h3-6,11H,1-2,7-10,15H2,(H2,16,18). The Morgan fingerprint density at radius 2 is 2.11 bits per heavy atom. The summed E-state index contributed by atoms with van der Waals surface area (Å²) in [6.07, 6.45) is 1.93. The third-order valence-electron chi connectivity index (χ3n) is 3.46. The molecule has 104 valence electrons. The van der Waals surface area contributed by atoms with Crippen molar-refractivity contribution in [2.45, 2.75) is 12.8 Å². The molecule has 1 atom stereocenters. The first-order valence-electron chi connectivity index (χ1n) is 6.65. The Morgan fingerprint density at radius 3 is 2.79 bits per heavy atom. The van der Waals surface area contributed by atoms with Gasteiger partial charge in [-0.25, -0.2) is 0 Å². The summed E-state index contributed by atoms with van der Waals surface area (Å²) in [5.41, 5.74) is 11.7. The summed E-state index contributed by atoms with van der Waals surface area (Å²) in [5, 5.41) is 0. The molecule has 1 aliphatic heterocycles. The number of benzene rings is 1. The van der Waals surface area contributed by atoms with E-state index < -0.39 is 0 Å². The zero-order valence-electron chi connectivity index (χ0n) is 11.0. The van der Waals surface area contributed by atoms with Crippen LogP contribution in [0.25, 0.3) is 0 Å². The van der Waals surface area contributed by atoms with Gasteiger partial charge in [-0.15, -0.1) is 0 Å². The molecule has 0 spiro atoms. The Hall–Kier alpha value is -1.75.